The normalized spacial score (nSPS) is 36.7. The molecule has 2 aliphatic heterocycles. The molecule has 0 amide bonds. The van der Waals surface area contributed by atoms with Crippen molar-refractivity contribution < 1.29 is 4.74 Å². The lowest BCUT2D eigenvalue weighted by Gasteiger charge is -2.34. The highest BCUT2D eigenvalue weighted by Crippen LogP contribution is 2.19. The van der Waals surface area contributed by atoms with E-state index in [0.717, 1.165) is 38.3 Å². The second-order valence-corrected chi connectivity index (χ2v) is 4.04. The van der Waals surface area contributed by atoms with Crippen LogP contribution >= 0.6 is 0 Å². The second kappa shape index (κ2) is 4.40. The van der Waals surface area contributed by atoms with Gasteiger partial charge in [0.15, 0.2) is 0 Å². The average molecular weight is 184 g/mol. The molecule has 0 spiro atoms. The van der Waals surface area contributed by atoms with E-state index in [-0.39, 0.29) is 0 Å². The molecule has 3 heteroatoms. The van der Waals surface area contributed by atoms with E-state index in [1.54, 1.807) is 0 Å². The molecule has 2 atom stereocenters. The lowest BCUT2D eigenvalue weighted by Crippen LogP contribution is -2.47. The van der Waals surface area contributed by atoms with Gasteiger partial charge in [-0.1, -0.05) is 13.3 Å². The van der Waals surface area contributed by atoms with Gasteiger partial charge in [0.25, 0.3) is 0 Å². The zero-order chi connectivity index (χ0) is 9.10. The average Bonchev–Trinajstić information content (AvgIpc) is 2.67. The summed E-state index contributed by atoms with van der Waals surface area (Å²) < 4.78 is 5.37. The van der Waals surface area contributed by atoms with Gasteiger partial charge in [-0.2, -0.15) is 0 Å². The third-order valence-electron chi connectivity index (χ3n) is 3.34. The van der Waals surface area contributed by atoms with Crippen LogP contribution < -0.4 is 5.32 Å². The first-order valence-electron chi connectivity index (χ1n) is 5.44. The Balaban J connectivity index is 1.90. The Kier molecular flexibility index (Phi) is 3.19. The summed E-state index contributed by atoms with van der Waals surface area (Å²) in [6.07, 6.45) is 1.30. The van der Waals surface area contributed by atoms with Crippen molar-refractivity contribution in [1.82, 2.24) is 10.2 Å². The van der Waals surface area contributed by atoms with Gasteiger partial charge >= 0.3 is 0 Å². The largest absolute Gasteiger partial charge is 0.379 e. The third kappa shape index (κ3) is 2.03. The fourth-order valence-electron chi connectivity index (χ4n) is 2.47. The van der Waals surface area contributed by atoms with Crippen molar-refractivity contribution in [2.45, 2.75) is 19.4 Å². The van der Waals surface area contributed by atoms with Crippen molar-refractivity contribution in [2.75, 3.05) is 39.4 Å². The molecule has 2 saturated heterocycles. The molecule has 2 fully saturated rings. The summed E-state index contributed by atoms with van der Waals surface area (Å²) in [6.45, 7) is 8.79. The molecule has 0 aliphatic carbocycles. The van der Waals surface area contributed by atoms with Crippen molar-refractivity contribution in [3.63, 3.8) is 0 Å². The Morgan fingerprint density at radius 2 is 2.08 bits per heavy atom. The number of nitrogens with zero attached hydrogens (tertiary/aromatic N) is 1. The van der Waals surface area contributed by atoms with E-state index >= 15 is 0 Å². The van der Waals surface area contributed by atoms with Crippen molar-refractivity contribution in [3.05, 3.63) is 0 Å². The summed E-state index contributed by atoms with van der Waals surface area (Å²) in [5.41, 5.74) is 0. The van der Waals surface area contributed by atoms with Crippen LogP contribution in [0.1, 0.15) is 13.3 Å². The molecular formula is C10H20N2O. The first kappa shape index (κ1) is 9.44. The molecule has 2 heterocycles. The van der Waals surface area contributed by atoms with E-state index in [1.165, 1.54) is 19.5 Å². The number of hydrogen-bond acceptors (Lipinski definition) is 3. The van der Waals surface area contributed by atoms with E-state index in [2.05, 4.69) is 17.1 Å². The van der Waals surface area contributed by atoms with Crippen LogP contribution in [0.4, 0.5) is 0 Å². The minimum absolute atomic E-state index is 0.772. The van der Waals surface area contributed by atoms with E-state index in [4.69, 9.17) is 4.74 Å². The maximum Gasteiger partial charge on any atom is 0.0594 e. The number of ether oxygens (including phenoxy) is 1. The van der Waals surface area contributed by atoms with Gasteiger partial charge in [0, 0.05) is 25.7 Å². The van der Waals surface area contributed by atoms with Crippen LogP contribution in [0.2, 0.25) is 0 Å². The number of rotatable bonds is 2. The van der Waals surface area contributed by atoms with E-state index < -0.39 is 0 Å². The quantitative estimate of drug-likeness (QED) is 0.669. The van der Waals surface area contributed by atoms with Crippen LogP contribution in [-0.4, -0.2) is 50.3 Å². The van der Waals surface area contributed by atoms with E-state index in [0.29, 0.717) is 0 Å². The van der Waals surface area contributed by atoms with Crippen molar-refractivity contribution in [2.24, 2.45) is 5.92 Å². The Morgan fingerprint density at radius 3 is 2.77 bits per heavy atom. The monoisotopic (exact) mass is 184 g/mol. The van der Waals surface area contributed by atoms with Gasteiger partial charge in [-0.05, 0) is 12.5 Å². The molecule has 0 aromatic carbocycles. The highest BCUT2D eigenvalue weighted by Gasteiger charge is 2.31. The third-order valence-corrected chi connectivity index (χ3v) is 3.34. The number of hydrogen-bond donors (Lipinski definition) is 1. The fraction of sp³-hybridized carbons (Fsp3) is 1.00. The maximum atomic E-state index is 5.37. The molecule has 76 valence electrons. The number of morpholine rings is 1. The Bertz CT molecular complexity index is 157. The summed E-state index contributed by atoms with van der Waals surface area (Å²) in [7, 11) is 0. The Labute approximate surface area is 80.4 Å². The topological polar surface area (TPSA) is 24.5 Å². The van der Waals surface area contributed by atoms with Gasteiger partial charge < -0.3 is 10.1 Å². The predicted octanol–water partition coefficient (Wildman–Crippen LogP) is 0.317. The van der Waals surface area contributed by atoms with Crippen LogP contribution in [0.25, 0.3) is 0 Å². The molecule has 0 bridgehead atoms. The lowest BCUT2D eigenvalue weighted by molar-refractivity contribution is 0.0114. The molecule has 0 aromatic rings. The summed E-state index contributed by atoms with van der Waals surface area (Å²) in [5.74, 6) is 0.859. The molecule has 2 rings (SSSR count). The van der Waals surface area contributed by atoms with Gasteiger partial charge in [0.1, 0.15) is 0 Å². The zero-order valence-electron chi connectivity index (χ0n) is 8.46. The molecule has 2 aliphatic rings. The lowest BCUT2D eigenvalue weighted by atomic mass is 9.99. The van der Waals surface area contributed by atoms with Gasteiger partial charge in [0.2, 0.25) is 0 Å². The predicted molar refractivity (Wildman–Crippen MR) is 52.8 cm³/mol. The van der Waals surface area contributed by atoms with Crippen LogP contribution in [-0.2, 0) is 4.74 Å². The van der Waals surface area contributed by atoms with Gasteiger partial charge in [-0.3, -0.25) is 4.90 Å². The Morgan fingerprint density at radius 1 is 1.31 bits per heavy atom. The molecule has 13 heavy (non-hydrogen) atoms. The second-order valence-electron chi connectivity index (χ2n) is 4.04. The van der Waals surface area contributed by atoms with Crippen molar-refractivity contribution in [3.8, 4) is 0 Å². The molecule has 0 saturated carbocycles. The van der Waals surface area contributed by atoms with Gasteiger partial charge in [-0.15, -0.1) is 0 Å². The Hall–Kier alpha value is -0.120. The number of nitrogens with one attached hydrogen (secondary N) is 1. The van der Waals surface area contributed by atoms with E-state index in [1.807, 2.05) is 0 Å². The molecule has 2 unspecified atom stereocenters. The van der Waals surface area contributed by atoms with Crippen LogP contribution in [0.3, 0.4) is 0 Å². The highest BCUT2D eigenvalue weighted by atomic mass is 16.5. The van der Waals surface area contributed by atoms with Gasteiger partial charge in [0.05, 0.1) is 13.2 Å². The first-order valence-corrected chi connectivity index (χ1v) is 5.44. The van der Waals surface area contributed by atoms with Crippen LogP contribution in [0.15, 0.2) is 0 Å². The smallest absolute Gasteiger partial charge is 0.0594 e. The minimum Gasteiger partial charge on any atom is -0.379 e. The first-order chi connectivity index (χ1) is 6.42. The molecule has 0 radical (unpaired) electrons. The van der Waals surface area contributed by atoms with Crippen LogP contribution in [0.5, 0.6) is 0 Å². The SMILES string of the molecule is CCC1CNCC1N1CCOCC1. The van der Waals surface area contributed by atoms with Crippen molar-refractivity contribution >= 4 is 0 Å². The van der Waals surface area contributed by atoms with Crippen molar-refractivity contribution in [1.29, 1.82) is 0 Å². The van der Waals surface area contributed by atoms with Crippen LogP contribution in [0, 0.1) is 5.92 Å². The summed E-state index contributed by atoms with van der Waals surface area (Å²) in [6, 6.07) is 0.772. The van der Waals surface area contributed by atoms with Gasteiger partial charge in [-0.25, -0.2) is 0 Å². The summed E-state index contributed by atoms with van der Waals surface area (Å²) in [4.78, 5) is 2.59. The zero-order valence-corrected chi connectivity index (χ0v) is 8.46. The minimum atomic E-state index is 0.772. The fourth-order valence-corrected chi connectivity index (χ4v) is 2.47. The molecule has 3 nitrogen and oxygen atoms in total. The maximum absolute atomic E-state index is 5.37. The highest BCUT2D eigenvalue weighted by molar-refractivity contribution is 4.88. The molecule has 1 N–H and O–H groups in total. The van der Waals surface area contributed by atoms with E-state index in [9.17, 15) is 0 Å². The summed E-state index contributed by atoms with van der Waals surface area (Å²) >= 11 is 0. The summed E-state index contributed by atoms with van der Waals surface area (Å²) in [5, 5.41) is 3.49. The molecular weight excluding hydrogens is 164 g/mol. The standard InChI is InChI=1S/C10H20N2O/c1-2-9-7-11-8-10(9)12-3-5-13-6-4-12/h9-11H,2-8H2,1H3. The molecule has 0 aromatic heterocycles.